The van der Waals surface area contributed by atoms with Crippen molar-refractivity contribution in [2.75, 3.05) is 6.54 Å². The van der Waals surface area contributed by atoms with Crippen LogP contribution in [0, 0.1) is 0 Å². The molecule has 0 rings (SSSR count). The van der Waals surface area contributed by atoms with Gasteiger partial charge >= 0.3 is 0 Å². The fourth-order valence-electron chi connectivity index (χ4n) is 0.402. The Hall–Kier alpha value is -0.770. The molecule has 0 aliphatic carbocycles. The fourth-order valence-corrected chi connectivity index (χ4v) is 0.402. The Balaban J connectivity index is 3.33. The summed E-state index contributed by atoms with van der Waals surface area (Å²) < 4.78 is 0. The fraction of sp³-hybridized carbons (Fsp3) is 0.800. The second-order valence-corrected chi connectivity index (χ2v) is 1.58. The van der Waals surface area contributed by atoms with Crippen molar-refractivity contribution in [3.05, 3.63) is 0 Å². The highest BCUT2D eigenvalue weighted by molar-refractivity contribution is 5.80. The number of nitrogens with two attached hydrogens (primary N) is 1. The lowest BCUT2D eigenvalue weighted by Gasteiger charge is -2.04. The molecule has 4 nitrogen and oxygen atoms in total. The van der Waals surface area contributed by atoms with Gasteiger partial charge in [0.05, 0.1) is 0 Å². The summed E-state index contributed by atoms with van der Waals surface area (Å²) in [4.78, 5) is 0. The first kappa shape index (κ1) is 8.23. The second-order valence-electron chi connectivity index (χ2n) is 1.58. The predicted molar refractivity (Wildman–Crippen MR) is 38.7 cm³/mol. The van der Waals surface area contributed by atoms with Gasteiger partial charge in [-0.3, -0.25) is 0 Å². The van der Waals surface area contributed by atoms with E-state index in [0.717, 1.165) is 18.8 Å². The number of nitrogens with one attached hydrogen (secondary N) is 2. The zero-order chi connectivity index (χ0) is 7.11. The van der Waals surface area contributed by atoms with Crippen molar-refractivity contribution in [2.45, 2.75) is 20.3 Å². The standard InChI is InChI=1S/C5H14N4/c1-3-5(8-6)9-7-4-2/h7H,3-4,6H2,1-2H3,(H,8,9). The van der Waals surface area contributed by atoms with Gasteiger partial charge in [0.15, 0.2) is 0 Å². The van der Waals surface area contributed by atoms with Gasteiger partial charge in [0, 0.05) is 13.0 Å². The van der Waals surface area contributed by atoms with Crippen LogP contribution in [0.2, 0.25) is 0 Å². The van der Waals surface area contributed by atoms with Crippen molar-refractivity contribution in [3.63, 3.8) is 0 Å². The van der Waals surface area contributed by atoms with E-state index in [9.17, 15) is 0 Å². The molecule has 0 unspecified atom stereocenters. The maximum atomic E-state index is 5.01. The first-order chi connectivity index (χ1) is 4.35. The van der Waals surface area contributed by atoms with Gasteiger partial charge < -0.3 is 11.3 Å². The minimum atomic E-state index is 0.775. The summed E-state index contributed by atoms with van der Waals surface area (Å²) in [5, 5.41) is 3.49. The molecule has 0 aromatic rings. The van der Waals surface area contributed by atoms with Crippen molar-refractivity contribution in [3.8, 4) is 0 Å². The molecule has 0 atom stereocenters. The summed E-state index contributed by atoms with van der Waals surface area (Å²) in [6, 6.07) is 0. The molecule has 0 heterocycles. The van der Waals surface area contributed by atoms with Crippen LogP contribution in [-0.2, 0) is 0 Å². The van der Waals surface area contributed by atoms with E-state index in [0.29, 0.717) is 0 Å². The Kier molecular flexibility index (Phi) is 4.91. The van der Waals surface area contributed by atoms with Crippen LogP contribution in [0.3, 0.4) is 0 Å². The van der Waals surface area contributed by atoms with E-state index in [-0.39, 0.29) is 0 Å². The molecular weight excluding hydrogens is 116 g/mol. The van der Waals surface area contributed by atoms with Gasteiger partial charge in [-0.2, -0.15) is 5.10 Å². The van der Waals surface area contributed by atoms with Crippen LogP contribution in [0.5, 0.6) is 0 Å². The maximum absolute atomic E-state index is 5.01. The summed E-state index contributed by atoms with van der Waals surface area (Å²) in [5.41, 5.74) is 5.73. The first-order valence-corrected chi connectivity index (χ1v) is 3.10. The smallest absolute Gasteiger partial charge is 0.135 e. The molecule has 0 aliphatic heterocycles. The highest BCUT2D eigenvalue weighted by Gasteiger charge is 1.88. The van der Waals surface area contributed by atoms with Gasteiger partial charge in [-0.05, 0) is 0 Å². The highest BCUT2D eigenvalue weighted by Crippen LogP contribution is 1.74. The molecule has 0 radical (unpaired) electrons. The SMILES string of the molecule is CCNN/C(CC)=N\N. The molecule has 0 amide bonds. The van der Waals surface area contributed by atoms with E-state index in [4.69, 9.17) is 5.84 Å². The molecular formula is C5H14N4. The summed E-state index contributed by atoms with van der Waals surface area (Å²) in [7, 11) is 0. The molecule has 0 aromatic heterocycles. The van der Waals surface area contributed by atoms with E-state index in [2.05, 4.69) is 16.0 Å². The molecule has 9 heavy (non-hydrogen) atoms. The third kappa shape index (κ3) is 3.78. The normalized spacial score (nSPS) is 11.6. The van der Waals surface area contributed by atoms with Crippen molar-refractivity contribution < 1.29 is 0 Å². The van der Waals surface area contributed by atoms with Gasteiger partial charge in [0.25, 0.3) is 0 Å². The van der Waals surface area contributed by atoms with Crippen LogP contribution in [0.25, 0.3) is 0 Å². The molecule has 4 N–H and O–H groups in total. The Morgan fingerprint density at radius 3 is 2.56 bits per heavy atom. The molecule has 54 valence electrons. The Morgan fingerprint density at radius 2 is 2.22 bits per heavy atom. The van der Waals surface area contributed by atoms with Crippen molar-refractivity contribution >= 4 is 5.84 Å². The molecule has 0 aliphatic rings. The lowest BCUT2D eigenvalue weighted by molar-refractivity contribution is 0.673. The highest BCUT2D eigenvalue weighted by atomic mass is 15.4. The molecule has 0 aromatic carbocycles. The minimum Gasteiger partial charge on any atom is -0.322 e. The average Bonchev–Trinajstić information content (AvgIpc) is 1.91. The zero-order valence-corrected chi connectivity index (χ0v) is 5.94. The first-order valence-electron chi connectivity index (χ1n) is 3.10. The van der Waals surface area contributed by atoms with Crippen LogP contribution in [-0.4, -0.2) is 12.4 Å². The minimum absolute atomic E-state index is 0.775. The van der Waals surface area contributed by atoms with Crippen LogP contribution in [0.15, 0.2) is 5.10 Å². The van der Waals surface area contributed by atoms with Crippen LogP contribution in [0.1, 0.15) is 20.3 Å². The maximum Gasteiger partial charge on any atom is 0.135 e. The van der Waals surface area contributed by atoms with Gasteiger partial charge in [-0.15, -0.1) is 0 Å². The average molecular weight is 130 g/mol. The summed E-state index contributed by atoms with van der Waals surface area (Å²) in [6.07, 6.45) is 0.823. The van der Waals surface area contributed by atoms with E-state index in [1.165, 1.54) is 0 Å². The van der Waals surface area contributed by atoms with Gasteiger partial charge in [-0.25, -0.2) is 5.43 Å². The molecule has 0 bridgehead atoms. The Labute approximate surface area is 55.5 Å². The van der Waals surface area contributed by atoms with Gasteiger partial charge in [-0.1, -0.05) is 13.8 Å². The van der Waals surface area contributed by atoms with Crippen LogP contribution >= 0.6 is 0 Å². The van der Waals surface area contributed by atoms with Gasteiger partial charge in [0.2, 0.25) is 0 Å². The molecule has 0 saturated heterocycles. The molecule has 0 spiro atoms. The molecule has 4 heteroatoms. The lowest BCUT2D eigenvalue weighted by Crippen LogP contribution is -2.37. The third-order valence-electron chi connectivity index (χ3n) is 0.900. The van der Waals surface area contributed by atoms with E-state index < -0.39 is 0 Å². The number of amidine groups is 1. The zero-order valence-electron chi connectivity index (χ0n) is 5.94. The number of hydrogen-bond donors (Lipinski definition) is 3. The topological polar surface area (TPSA) is 62.4 Å². The van der Waals surface area contributed by atoms with E-state index >= 15 is 0 Å². The number of hydrogen-bond acceptors (Lipinski definition) is 3. The third-order valence-corrected chi connectivity index (χ3v) is 0.900. The Bertz CT molecular complexity index is 89.0. The quantitative estimate of drug-likeness (QED) is 0.214. The second kappa shape index (κ2) is 5.37. The summed E-state index contributed by atoms with van der Waals surface area (Å²) >= 11 is 0. The Morgan fingerprint density at radius 1 is 1.56 bits per heavy atom. The predicted octanol–water partition coefficient (Wildman–Crippen LogP) is -0.217. The van der Waals surface area contributed by atoms with Crippen molar-refractivity contribution in [1.29, 1.82) is 0 Å². The van der Waals surface area contributed by atoms with Gasteiger partial charge in [0.1, 0.15) is 5.84 Å². The monoisotopic (exact) mass is 130 g/mol. The number of rotatable bonds is 3. The number of nitrogens with zero attached hydrogens (tertiary/aromatic N) is 1. The largest absolute Gasteiger partial charge is 0.322 e. The van der Waals surface area contributed by atoms with E-state index in [1.807, 2.05) is 13.8 Å². The lowest BCUT2D eigenvalue weighted by atomic mass is 10.5. The summed E-state index contributed by atoms with van der Waals surface area (Å²) in [6.45, 7) is 4.84. The van der Waals surface area contributed by atoms with E-state index in [1.54, 1.807) is 0 Å². The van der Waals surface area contributed by atoms with Crippen LogP contribution in [0.4, 0.5) is 0 Å². The molecule has 0 saturated carbocycles. The summed E-state index contributed by atoms with van der Waals surface area (Å²) in [5.74, 6) is 5.78. The number of hydrazine groups is 1. The molecule has 0 fully saturated rings. The van der Waals surface area contributed by atoms with Crippen LogP contribution < -0.4 is 16.7 Å². The van der Waals surface area contributed by atoms with Crippen molar-refractivity contribution in [2.24, 2.45) is 10.9 Å². The van der Waals surface area contributed by atoms with Crippen molar-refractivity contribution in [1.82, 2.24) is 10.9 Å². The number of hydrazone groups is 1.